The van der Waals surface area contributed by atoms with Crippen LogP contribution in [0, 0.1) is 5.82 Å². The quantitative estimate of drug-likeness (QED) is 0.580. The second kappa shape index (κ2) is 3.93. The molecular weight excluding hydrogens is 219 g/mol. The molecule has 0 aliphatic carbocycles. The third-order valence-electron chi connectivity index (χ3n) is 1.17. The molecule has 0 saturated heterocycles. The van der Waals surface area contributed by atoms with E-state index in [4.69, 9.17) is 11.6 Å². The molecule has 0 radical (unpaired) electrons. The zero-order valence-corrected chi connectivity index (χ0v) is 7.98. The number of halogens is 2. The third-order valence-corrected chi connectivity index (χ3v) is 2.69. The molecule has 0 heterocycles. The highest BCUT2D eigenvalue weighted by Gasteiger charge is 2.09. The molecule has 1 aromatic carbocycles. The molecule has 0 spiro atoms. The molecule has 0 unspecified atom stereocenters. The average molecular weight is 225 g/mol. The molecule has 3 nitrogen and oxygen atoms in total. The minimum absolute atomic E-state index is 0.0436. The van der Waals surface area contributed by atoms with Gasteiger partial charge < -0.3 is 4.18 Å². The summed E-state index contributed by atoms with van der Waals surface area (Å²) >= 11 is 5.09. The van der Waals surface area contributed by atoms with E-state index in [9.17, 15) is 12.8 Å². The Labute approximate surface area is 80.2 Å². The Morgan fingerprint density at radius 2 is 1.85 bits per heavy atom. The summed E-state index contributed by atoms with van der Waals surface area (Å²) in [6.07, 6.45) is 0. The predicted molar refractivity (Wildman–Crippen MR) is 46.7 cm³/mol. The highest BCUT2D eigenvalue weighted by atomic mass is 35.5. The molecule has 0 atom stereocenters. The molecule has 1 rings (SSSR count). The van der Waals surface area contributed by atoms with Crippen molar-refractivity contribution in [3.8, 4) is 5.75 Å². The van der Waals surface area contributed by atoms with Crippen LogP contribution in [-0.2, 0) is 10.1 Å². The van der Waals surface area contributed by atoms with Crippen molar-refractivity contribution in [2.45, 2.75) is 0 Å². The Bertz CT molecular complexity index is 373. The van der Waals surface area contributed by atoms with Crippen molar-refractivity contribution in [3.05, 3.63) is 30.1 Å². The number of hydrogen-bond acceptors (Lipinski definition) is 3. The first-order valence-corrected chi connectivity index (χ1v) is 5.38. The summed E-state index contributed by atoms with van der Waals surface area (Å²) in [4.78, 5) is 0. The van der Waals surface area contributed by atoms with Crippen molar-refractivity contribution < 1.29 is 17.0 Å². The lowest BCUT2D eigenvalue weighted by atomic mass is 10.3. The monoisotopic (exact) mass is 224 g/mol. The van der Waals surface area contributed by atoms with Gasteiger partial charge in [0.05, 0.1) is 0 Å². The number of rotatable bonds is 3. The van der Waals surface area contributed by atoms with E-state index in [0.29, 0.717) is 0 Å². The highest BCUT2D eigenvalue weighted by molar-refractivity contribution is 7.88. The van der Waals surface area contributed by atoms with Crippen molar-refractivity contribution in [3.63, 3.8) is 0 Å². The van der Waals surface area contributed by atoms with Gasteiger partial charge in [-0.15, -0.1) is 11.6 Å². The molecule has 13 heavy (non-hydrogen) atoms. The molecule has 0 saturated carbocycles. The fourth-order valence-corrected chi connectivity index (χ4v) is 1.24. The lowest BCUT2D eigenvalue weighted by molar-refractivity contribution is 0.490. The van der Waals surface area contributed by atoms with Gasteiger partial charge in [0.1, 0.15) is 11.6 Å². The van der Waals surface area contributed by atoms with Crippen LogP contribution in [0.15, 0.2) is 24.3 Å². The fourth-order valence-electron chi connectivity index (χ4n) is 0.659. The van der Waals surface area contributed by atoms with Crippen molar-refractivity contribution in [2.75, 3.05) is 5.21 Å². The first-order valence-electron chi connectivity index (χ1n) is 3.27. The van der Waals surface area contributed by atoms with Gasteiger partial charge >= 0.3 is 10.1 Å². The first kappa shape index (κ1) is 10.3. The van der Waals surface area contributed by atoms with Crippen molar-refractivity contribution in [1.82, 2.24) is 0 Å². The van der Waals surface area contributed by atoms with Gasteiger partial charge in [-0.25, -0.2) is 4.39 Å². The zero-order valence-electron chi connectivity index (χ0n) is 6.41. The van der Waals surface area contributed by atoms with Gasteiger partial charge in [0.2, 0.25) is 0 Å². The summed E-state index contributed by atoms with van der Waals surface area (Å²) < 4.78 is 38.5. The van der Waals surface area contributed by atoms with Crippen LogP contribution in [0.25, 0.3) is 0 Å². The Kier molecular flexibility index (Phi) is 3.11. The van der Waals surface area contributed by atoms with Crippen LogP contribution in [0.4, 0.5) is 4.39 Å². The van der Waals surface area contributed by atoms with E-state index < -0.39 is 21.1 Å². The molecule has 0 aromatic heterocycles. The van der Waals surface area contributed by atoms with Gasteiger partial charge in [-0.2, -0.15) is 8.42 Å². The standard InChI is InChI=1S/C7H6ClFO3S/c8-5-13(10,11)12-7-3-1-6(9)2-4-7/h1-4H,5H2. The van der Waals surface area contributed by atoms with E-state index in [1.807, 2.05) is 0 Å². The summed E-state index contributed by atoms with van der Waals surface area (Å²) in [5.41, 5.74) is 0. The zero-order chi connectivity index (χ0) is 9.90. The van der Waals surface area contributed by atoms with Crippen molar-refractivity contribution >= 4 is 21.7 Å². The van der Waals surface area contributed by atoms with Crippen LogP contribution in [0.1, 0.15) is 0 Å². The van der Waals surface area contributed by atoms with Gasteiger partial charge in [0.15, 0.2) is 5.21 Å². The number of hydrogen-bond donors (Lipinski definition) is 0. The minimum atomic E-state index is -3.74. The molecule has 0 amide bonds. The maximum absolute atomic E-state index is 12.4. The van der Waals surface area contributed by atoms with Crippen molar-refractivity contribution in [2.24, 2.45) is 0 Å². The predicted octanol–water partition coefficient (Wildman–Crippen LogP) is 1.73. The highest BCUT2D eigenvalue weighted by Crippen LogP contribution is 2.13. The topological polar surface area (TPSA) is 43.4 Å². The minimum Gasteiger partial charge on any atom is -0.382 e. The van der Waals surface area contributed by atoms with Crippen molar-refractivity contribution in [1.29, 1.82) is 0 Å². The fraction of sp³-hybridized carbons (Fsp3) is 0.143. The second-order valence-electron chi connectivity index (χ2n) is 2.20. The third kappa shape index (κ3) is 3.20. The molecule has 0 aliphatic heterocycles. The van der Waals surface area contributed by atoms with E-state index in [1.54, 1.807) is 0 Å². The SMILES string of the molecule is O=S(=O)(CCl)Oc1ccc(F)cc1. The van der Waals surface area contributed by atoms with E-state index in [-0.39, 0.29) is 5.75 Å². The summed E-state index contributed by atoms with van der Waals surface area (Å²) in [7, 11) is -3.74. The van der Waals surface area contributed by atoms with E-state index in [2.05, 4.69) is 4.18 Å². The number of benzene rings is 1. The molecule has 0 bridgehead atoms. The van der Waals surface area contributed by atoms with E-state index >= 15 is 0 Å². The second-order valence-corrected chi connectivity index (χ2v) is 4.36. The smallest absolute Gasteiger partial charge is 0.323 e. The lowest BCUT2D eigenvalue weighted by Crippen LogP contribution is -2.09. The molecule has 72 valence electrons. The van der Waals surface area contributed by atoms with Crippen LogP contribution >= 0.6 is 11.6 Å². The molecule has 1 aromatic rings. The van der Waals surface area contributed by atoms with Gasteiger partial charge in [0.25, 0.3) is 0 Å². The van der Waals surface area contributed by atoms with Gasteiger partial charge in [0, 0.05) is 0 Å². The normalized spacial score (nSPS) is 11.2. The molecule has 0 N–H and O–H groups in total. The van der Waals surface area contributed by atoms with E-state index in [0.717, 1.165) is 12.1 Å². The largest absolute Gasteiger partial charge is 0.382 e. The van der Waals surface area contributed by atoms with Gasteiger partial charge in [-0.05, 0) is 24.3 Å². The Hall–Kier alpha value is -0.810. The molecule has 0 aliphatic rings. The summed E-state index contributed by atoms with van der Waals surface area (Å²) in [5, 5.41) is -0.635. The van der Waals surface area contributed by atoms with Crippen LogP contribution in [0.5, 0.6) is 5.75 Å². The lowest BCUT2D eigenvalue weighted by Gasteiger charge is -2.02. The maximum atomic E-state index is 12.4. The molecule has 6 heteroatoms. The maximum Gasteiger partial charge on any atom is 0.323 e. The number of alkyl halides is 1. The average Bonchev–Trinajstić information content (AvgIpc) is 2.09. The summed E-state index contributed by atoms with van der Waals surface area (Å²) in [5.74, 6) is -0.419. The molecular formula is C7H6ClFO3S. The Balaban J connectivity index is 2.82. The molecule has 0 fully saturated rings. The van der Waals surface area contributed by atoms with Crippen LogP contribution < -0.4 is 4.18 Å². The summed E-state index contributed by atoms with van der Waals surface area (Å²) in [6, 6.07) is 4.61. The van der Waals surface area contributed by atoms with Crippen LogP contribution in [0.3, 0.4) is 0 Å². The Morgan fingerprint density at radius 1 is 1.31 bits per heavy atom. The first-order chi connectivity index (χ1) is 6.03. The van der Waals surface area contributed by atoms with E-state index in [1.165, 1.54) is 12.1 Å². The van der Waals surface area contributed by atoms with Gasteiger partial charge in [-0.1, -0.05) is 0 Å². The van der Waals surface area contributed by atoms with Crippen LogP contribution in [0.2, 0.25) is 0 Å². The van der Waals surface area contributed by atoms with Crippen LogP contribution in [-0.4, -0.2) is 13.6 Å². The Morgan fingerprint density at radius 3 is 2.31 bits per heavy atom. The summed E-state index contributed by atoms with van der Waals surface area (Å²) in [6.45, 7) is 0. The van der Waals surface area contributed by atoms with Gasteiger partial charge in [-0.3, -0.25) is 0 Å².